The molecule has 0 unspecified atom stereocenters. The number of halogens is 1. The molecule has 106 valence electrons. The second-order valence-corrected chi connectivity index (χ2v) is 5.96. The fraction of sp³-hybridized carbons (Fsp3) is 0.400. The van der Waals surface area contributed by atoms with Crippen molar-refractivity contribution >= 4 is 15.9 Å². The van der Waals surface area contributed by atoms with Gasteiger partial charge in [0.2, 0.25) is 0 Å². The zero-order valence-electron chi connectivity index (χ0n) is 11.5. The molecule has 1 N–H and O–H groups in total. The smallest absolute Gasteiger partial charge is 0.165 e. The summed E-state index contributed by atoms with van der Waals surface area (Å²) < 4.78 is 8.88. The number of aryl methyl sites for hydroxylation is 1. The quantitative estimate of drug-likeness (QED) is 0.874. The van der Waals surface area contributed by atoms with E-state index in [1.807, 2.05) is 23.0 Å². The van der Waals surface area contributed by atoms with Crippen molar-refractivity contribution in [3.8, 4) is 11.5 Å². The molecule has 1 fully saturated rings. The summed E-state index contributed by atoms with van der Waals surface area (Å²) in [5, 5.41) is 7.75. The van der Waals surface area contributed by atoms with Crippen LogP contribution < -0.4 is 10.1 Å². The zero-order valence-corrected chi connectivity index (χ0v) is 13.1. The van der Waals surface area contributed by atoms with E-state index in [4.69, 9.17) is 4.74 Å². The zero-order chi connectivity index (χ0) is 13.9. The lowest BCUT2D eigenvalue weighted by molar-refractivity contribution is 0.471. The van der Waals surface area contributed by atoms with Gasteiger partial charge >= 0.3 is 0 Å². The van der Waals surface area contributed by atoms with Gasteiger partial charge in [-0.2, -0.15) is 5.10 Å². The second kappa shape index (κ2) is 5.97. The van der Waals surface area contributed by atoms with Crippen molar-refractivity contribution in [1.29, 1.82) is 0 Å². The molecular formula is C15H18BrN3O. The Morgan fingerprint density at radius 2 is 2.30 bits per heavy atom. The highest BCUT2D eigenvalue weighted by Gasteiger charge is 2.20. The van der Waals surface area contributed by atoms with E-state index in [1.54, 1.807) is 6.20 Å². The number of rotatable bonds is 6. The Kier molecular flexibility index (Phi) is 4.08. The molecule has 1 aromatic heterocycles. The second-order valence-electron chi connectivity index (χ2n) is 5.04. The Morgan fingerprint density at radius 3 is 3.00 bits per heavy atom. The summed E-state index contributed by atoms with van der Waals surface area (Å²) in [6.07, 6.45) is 6.24. The molecule has 0 amide bonds. The summed E-state index contributed by atoms with van der Waals surface area (Å²) in [7, 11) is 0. The first kappa shape index (κ1) is 13.6. The van der Waals surface area contributed by atoms with Gasteiger partial charge in [0.25, 0.3) is 0 Å². The van der Waals surface area contributed by atoms with Gasteiger partial charge in [-0.15, -0.1) is 0 Å². The van der Waals surface area contributed by atoms with Gasteiger partial charge in [0.1, 0.15) is 5.75 Å². The topological polar surface area (TPSA) is 39.1 Å². The molecule has 4 nitrogen and oxygen atoms in total. The van der Waals surface area contributed by atoms with E-state index in [-0.39, 0.29) is 0 Å². The minimum absolute atomic E-state index is 0.685. The fourth-order valence-corrected chi connectivity index (χ4v) is 2.43. The Hall–Kier alpha value is -1.33. The molecule has 1 aliphatic carbocycles. The van der Waals surface area contributed by atoms with E-state index >= 15 is 0 Å². The van der Waals surface area contributed by atoms with E-state index in [0.717, 1.165) is 34.6 Å². The van der Waals surface area contributed by atoms with E-state index in [1.165, 1.54) is 12.8 Å². The number of aromatic nitrogens is 2. The average Bonchev–Trinajstić information content (AvgIpc) is 3.17. The van der Waals surface area contributed by atoms with Crippen molar-refractivity contribution in [2.75, 3.05) is 0 Å². The molecule has 0 bridgehead atoms. The van der Waals surface area contributed by atoms with Crippen LogP contribution in [-0.2, 0) is 13.1 Å². The number of benzene rings is 1. The maximum atomic E-state index is 5.96. The first-order chi connectivity index (χ1) is 9.74. The van der Waals surface area contributed by atoms with Gasteiger partial charge in [0.15, 0.2) is 5.75 Å². The Balaban J connectivity index is 1.75. The number of nitrogens with one attached hydrogen (secondary N) is 1. The van der Waals surface area contributed by atoms with Gasteiger partial charge in [-0.1, -0.05) is 15.9 Å². The average molecular weight is 336 g/mol. The van der Waals surface area contributed by atoms with Crippen LogP contribution in [0, 0.1) is 0 Å². The van der Waals surface area contributed by atoms with E-state index < -0.39 is 0 Å². The number of ether oxygens (including phenoxy) is 1. The van der Waals surface area contributed by atoms with Gasteiger partial charge in [-0.05, 0) is 38.0 Å². The summed E-state index contributed by atoms with van der Waals surface area (Å²) in [5.74, 6) is 1.67. The van der Waals surface area contributed by atoms with Crippen molar-refractivity contribution in [1.82, 2.24) is 15.1 Å². The van der Waals surface area contributed by atoms with Gasteiger partial charge in [-0.3, -0.25) is 4.68 Å². The van der Waals surface area contributed by atoms with Crippen LogP contribution >= 0.6 is 15.9 Å². The molecule has 2 aromatic rings. The molecule has 0 saturated heterocycles. The maximum absolute atomic E-state index is 5.96. The standard InChI is InChI=1S/C15H18BrN3O/c1-2-19-10-14(9-18-19)20-15-6-3-12(16)7-11(15)8-17-13-4-5-13/h3,6-7,9-10,13,17H,2,4-5,8H2,1H3. The normalized spacial score (nSPS) is 14.5. The first-order valence-electron chi connectivity index (χ1n) is 6.96. The number of nitrogens with zero attached hydrogens (tertiary/aromatic N) is 2. The lowest BCUT2D eigenvalue weighted by atomic mass is 10.2. The Morgan fingerprint density at radius 1 is 1.45 bits per heavy atom. The van der Waals surface area contributed by atoms with Crippen molar-refractivity contribution in [2.45, 2.75) is 38.9 Å². The molecule has 1 saturated carbocycles. The van der Waals surface area contributed by atoms with Crippen molar-refractivity contribution < 1.29 is 4.74 Å². The Labute approximate surface area is 127 Å². The molecule has 1 heterocycles. The highest BCUT2D eigenvalue weighted by Crippen LogP contribution is 2.29. The molecule has 20 heavy (non-hydrogen) atoms. The highest BCUT2D eigenvalue weighted by molar-refractivity contribution is 9.10. The number of hydrogen-bond donors (Lipinski definition) is 1. The highest BCUT2D eigenvalue weighted by atomic mass is 79.9. The third kappa shape index (κ3) is 3.41. The van der Waals surface area contributed by atoms with E-state index in [2.05, 4.69) is 39.3 Å². The summed E-state index contributed by atoms with van der Waals surface area (Å²) in [5.41, 5.74) is 1.16. The van der Waals surface area contributed by atoms with Crippen molar-refractivity contribution in [3.05, 3.63) is 40.6 Å². The van der Waals surface area contributed by atoms with Crippen LogP contribution in [0.1, 0.15) is 25.3 Å². The summed E-state index contributed by atoms with van der Waals surface area (Å²) in [6.45, 7) is 3.74. The molecule has 1 aromatic carbocycles. The molecule has 0 atom stereocenters. The maximum Gasteiger partial charge on any atom is 0.165 e. The van der Waals surface area contributed by atoms with Crippen LogP contribution in [0.3, 0.4) is 0 Å². The lowest BCUT2D eigenvalue weighted by Crippen LogP contribution is -2.15. The molecule has 0 aliphatic heterocycles. The van der Waals surface area contributed by atoms with Crippen LogP contribution in [0.15, 0.2) is 35.1 Å². The SMILES string of the molecule is CCn1cc(Oc2ccc(Br)cc2CNC2CC2)cn1. The lowest BCUT2D eigenvalue weighted by Gasteiger charge is -2.11. The number of hydrogen-bond acceptors (Lipinski definition) is 3. The van der Waals surface area contributed by atoms with Crippen molar-refractivity contribution in [3.63, 3.8) is 0 Å². The fourth-order valence-electron chi connectivity index (χ4n) is 2.02. The van der Waals surface area contributed by atoms with Crippen LogP contribution in [0.4, 0.5) is 0 Å². The Bertz CT molecular complexity index is 593. The van der Waals surface area contributed by atoms with Crippen LogP contribution in [0.25, 0.3) is 0 Å². The van der Waals surface area contributed by atoms with Crippen molar-refractivity contribution in [2.24, 2.45) is 0 Å². The van der Waals surface area contributed by atoms with Gasteiger partial charge < -0.3 is 10.1 Å². The first-order valence-corrected chi connectivity index (χ1v) is 7.76. The van der Waals surface area contributed by atoms with Gasteiger partial charge in [0, 0.05) is 29.2 Å². The molecule has 0 spiro atoms. The van der Waals surface area contributed by atoms with Crippen LogP contribution in [0.5, 0.6) is 11.5 Å². The summed E-state index contributed by atoms with van der Waals surface area (Å²) >= 11 is 3.52. The van der Waals surface area contributed by atoms with Crippen LogP contribution in [-0.4, -0.2) is 15.8 Å². The van der Waals surface area contributed by atoms with Gasteiger partial charge in [0.05, 0.1) is 12.4 Å². The molecule has 0 radical (unpaired) electrons. The van der Waals surface area contributed by atoms with Gasteiger partial charge in [-0.25, -0.2) is 0 Å². The third-order valence-electron chi connectivity index (χ3n) is 3.34. The minimum Gasteiger partial charge on any atom is -0.454 e. The summed E-state index contributed by atoms with van der Waals surface area (Å²) in [6, 6.07) is 6.79. The minimum atomic E-state index is 0.685. The van der Waals surface area contributed by atoms with E-state index in [0.29, 0.717) is 6.04 Å². The summed E-state index contributed by atoms with van der Waals surface area (Å²) in [4.78, 5) is 0. The molecule has 5 heteroatoms. The monoisotopic (exact) mass is 335 g/mol. The molecule has 1 aliphatic rings. The third-order valence-corrected chi connectivity index (χ3v) is 3.84. The van der Waals surface area contributed by atoms with E-state index in [9.17, 15) is 0 Å². The van der Waals surface area contributed by atoms with Crippen LogP contribution in [0.2, 0.25) is 0 Å². The molecular weight excluding hydrogens is 318 g/mol. The predicted molar refractivity (Wildman–Crippen MR) is 82.0 cm³/mol. The molecule has 3 rings (SSSR count). The largest absolute Gasteiger partial charge is 0.454 e. The predicted octanol–water partition coefficient (Wildman–Crippen LogP) is 3.71.